The molecular formula is C21H28N2O4S. The van der Waals surface area contributed by atoms with Crippen LogP contribution in [0.3, 0.4) is 0 Å². The number of carbonyl (C=O) groups excluding carboxylic acids is 1. The number of hydrogen-bond acceptors (Lipinski definition) is 4. The molecule has 6 nitrogen and oxygen atoms in total. The normalized spacial score (nSPS) is 12.3. The number of para-hydroxylation sites is 1. The molecule has 0 bridgehead atoms. The van der Waals surface area contributed by atoms with Gasteiger partial charge >= 0.3 is 0 Å². The van der Waals surface area contributed by atoms with E-state index in [1.54, 1.807) is 12.1 Å². The molecule has 1 atom stereocenters. The molecule has 0 aromatic heterocycles. The number of rotatable bonds is 8. The van der Waals surface area contributed by atoms with E-state index in [1.807, 2.05) is 58.0 Å². The summed E-state index contributed by atoms with van der Waals surface area (Å²) in [4.78, 5) is 12.5. The van der Waals surface area contributed by atoms with Gasteiger partial charge in [-0.1, -0.05) is 30.3 Å². The van der Waals surface area contributed by atoms with Crippen molar-refractivity contribution in [2.75, 3.05) is 23.7 Å². The Morgan fingerprint density at radius 3 is 2.36 bits per heavy atom. The number of ether oxygens (including phenoxy) is 1. The number of nitrogens with one attached hydrogen (secondary N) is 1. The molecule has 0 radical (unpaired) electrons. The number of carbonyl (C=O) groups is 1. The van der Waals surface area contributed by atoms with E-state index in [2.05, 4.69) is 5.32 Å². The van der Waals surface area contributed by atoms with Crippen LogP contribution >= 0.6 is 0 Å². The zero-order valence-corrected chi connectivity index (χ0v) is 17.8. The Bertz CT molecular complexity index is 941. The molecule has 1 unspecified atom stereocenters. The van der Waals surface area contributed by atoms with Crippen LogP contribution in [0.4, 0.5) is 5.69 Å². The quantitative estimate of drug-likeness (QED) is 0.734. The largest absolute Gasteiger partial charge is 0.491 e. The fourth-order valence-electron chi connectivity index (χ4n) is 2.81. The third kappa shape index (κ3) is 5.73. The first kappa shape index (κ1) is 21.8. The molecule has 28 heavy (non-hydrogen) atoms. The minimum Gasteiger partial charge on any atom is -0.491 e. The van der Waals surface area contributed by atoms with Gasteiger partial charge in [0.15, 0.2) is 0 Å². The summed E-state index contributed by atoms with van der Waals surface area (Å²) in [5.41, 5.74) is 3.32. The Morgan fingerprint density at radius 1 is 1.07 bits per heavy atom. The predicted molar refractivity (Wildman–Crippen MR) is 112 cm³/mol. The summed E-state index contributed by atoms with van der Waals surface area (Å²) >= 11 is 0. The van der Waals surface area contributed by atoms with Crippen LogP contribution < -0.4 is 14.4 Å². The molecule has 0 fully saturated rings. The van der Waals surface area contributed by atoms with Crippen molar-refractivity contribution in [1.29, 1.82) is 0 Å². The summed E-state index contributed by atoms with van der Waals surface area (Å²) in [6, 6.07) is 12.8. The van der Waals surface area contributed by atoms with E-state index in [0.717, 1.165) is 33.0 Å². The predicted octanol–water partition coefficient (Wildman–Crippen LogP) is 2.96. The van der Waals surface area contributed by atoms with Crippen LogP contribution in [0.1, 0.15) is 23.6 Å². The zero-order valence-electron chi connectivity index (χ0n) is 17.0. The van der Waals surface area contributed by atoms with Gasteiger partial charge in [-0.05, 0) is 56.5 Å². The van der Waals surface area contributed by atoms with Crippen LogP contribution in [0.2, 0.25) is 0 Å². The number of sulfonamides is 1. The highest BCUT2D eigenvalue weighted by molar-refractivity contribution is 7.92. The van der Waals surface area contributed by atoms with E-state index in [9.17, 15) is 13.2 Å². The number of anilines is 1. The van der Waals surface area contributed by atoms with Gasteiger partial charge in [-0.3, -0.25) is 9.10 Å². The van der Waals surface area contributed by atoms with Gasteiger partial charge in [-0.15, -0.1) is 0 Å². The van der Waals surface area contributed by atoms with Gasteiger partial charge < -0.3 is 10.1 Å². The first-order chi connectivity index (χ1) is 13.1. The molecule has 1 N–H and O–H groups in total. The zero-order chi connectivity index (χ0) is 20.9. The van der Waals surface area contributed by atoms with Crippen molar-refractivity contribution < 1.29 is 17.9 Å². The molecule has 0 aliphatic heterocycles. The van der Waals surface area contributed by atoms with Crippen molar-refractivity contribution in [1.82, 2.24) is 5.32 Å². The summed E-state index contributed by atoms with van der Waals surface area (Å²) in [7, 11) is -3.61. The molecule has 0 heterocycles. The van der Waals surface area contributed by atoms with Crippen molar-refractivity contribution >= 4 is 21.6 Å². The van der Waals surface area contributed by atoms with E-state index >= 15 is 0 Å². The molecule has 152 valence electrons. The molecule has 7 heteroatoms. The monoisotopic (exact) mass is 404 g/mol. The van der Waals surface area contributed by atoms with Crippen molar-refractivity contribution in [3.8, 4) is 5.75 Å². The highest BCUT2D eigenvalue weighted by Gasteiger charge is 2.23. The Hall–Kier alpha value is -2.54. The molecule has 2 aromatic carbocycles. The van der Waals surface area contributed by atoms with Crippen molar-refractivity contribution in [3.05, 3.63) is 59.2 Å². The number of nitrogens with zero attached hydrogens (tertiary/aromatic N) is 1. The number of aryl methyl sites for hydroxylation is 2. The molecule has 2 aromatic rings. The van der Waals surface area contributed by atoms with Crippen LogP contribution in [0.15, 0.2) is 42.5 Å². The lowest BCUT2D eigenvalue weighted by atomic mass is 10.1. The average Bonchev–Trinajstić information content (AvgIpc) is 2.61. The van der Waals surface area contributed by atoms with E-state index < -0.39 is 10.0 Å². The maximum absolute atomic E-state index is 12.5. The Morgan fingerprint density at radius 2 is 1.71 bits per heavy atom. The fraction of sp³-hybridized carbons (Fsp3) is 0.381. The van der Waals surface area contributed by atoms with Crippen LogP contribution in [0.25, 0.3) is 0 Å². The van der Waals surface area contributed by atoms with Crippen LogP contribution in [-0.2, 0) is 14.8 Å². The van der Waals surface area contributed by atoms with Gasteiger partial charge in [0, 0.05) is 0 Å². The Balaban J connectivity index is 2.04. The molecule has 0 aliphatic rings. The first-order valence-corrected chi connectivity index (χ1v) is 11.0. The fourth-order valence-corrected chi connectivity index (χ4v) is 3.72. The minimum atomic E-state index is -3.61. The maximum atomic E-state index is 12.5. The minimum absolute atomic E-state index is 0.271. The van der Waals surface area contributed by atoms with E-state index in [0.29, 0.717) is 12.3 Å². The highest BCUT2D eigenvalue weighted by atomic mass is 32.2. The van der Waals surface area contributed by atoms with Crippen molar-refractivity contribution in [3.63, 3.8) is 0 Å². The second-order valence-corrected chi connectivity index (χ2v) is 8.94. The molecule has 2 rings (SSSR count). The van der Waals surface area contributed by atoms with Gasteiger partial charge in [0.25, 0.3) is 0 Å². The summed E-state index contributed by atoms with van der Waals surface area (Å²) in [5, 5.41) is 2.81. The SMILES string of the molecule is Cc1ccccc1OCC(C)NC(=O)CN(c1cccc(C)c1C)S(C)(=O)=O. The maximum Gasteiger partial charge on any atom is 0.241 e. The summed E-state index contributed by atoms with van der Waals surface area (Å²) in [6.07, 6.45) is 1.10. The smallest absolute Gasteiger partial charge is 0.241 e. The summed E-state index contributed by atoms with van der Waals surface area (Å²) < 4.78 is 31.5. The van der Waals surface area contributed by atoms with E-state index in [1.165, 1.54) is 0 Å². The highest BCUT2D eigenvalue weighted by Crippen LogP contribution is 2.24. The van der Waals surface area contributed by atoms with Gasteiger partial charge in [0.1, 0.15) is 18.9 Å². The van der Waals surface area contributed by atoms with Gasteiger partial charge in [-0.2, -0.15) is 0 Å². The second kappa shape index (κ2) is 9.10. The third-order valence-corrected chi connectivity index (χ3v) is 5.65. The van der Waals surface area contributed by atoms with Crippen LogP contribution in [0, 0.1) is 20.8 Å². The number of benzene rings is 2. The van der Waals surface area contributed by atoms with Crippen molar-refractivity contribution in [2.24, 2.45) is 0 Å². The third-order valence-electron chi connectivity index (χ3n) is 4.52. The first-order valence-electron chi connectivity index (χ1n) is 9.11. The second-order valence-electron chi connectivity index (χ2n) is 7.03. The van der Waals surface area contributed by atoms with Crippen LogP contribution in [-0.4, -0.2) is 39.8 Å². The Labute approximate surface area is 167 Å². The van der Waals surface area contributed by atoms with Gasteiger partial charge in [0.2, 0.25) is 15.9 Å². The number of hydrogen-bond donors (Lipinski definition) is 1. The van der Waals surface area contributed by atoms with Crippen molar-refractivity contribution in [2.45, 2.75) is 33.7 Å². The molecule has 1 amide bonds. The molecule has 0 spiro atoms. The topological polar surface area (TPSA) is 75.7 Å². The summed E-state index contributed by atoms with van der Waals surface area (Å²) in [5.74, 6) is 0.379. The van der Waals surface area contributed by atoms with E-state index in [4.69, 9.17) is 4.74 Å². The molecule has 0 aliphatic carbocycles. The molecular weight excluding hydrogens is 376 g/mol. The van der Waals surface area contributed by atoms with Gasteiger partial charge in [-0.25, -0.2) is 8.42 Å². The van der Waals surface area contributed by atoms with Gasteiger partial charge in [0.05, 0.1) is 18.0 Å². The van der Waals surface area contributed by atoms with E-state index in [-0.39, 0.29) is 18.5 Å². The molecule has 0 saturated carbocycles. The lowest BCUT2D eigenvalue weighted by molar-refractivity contribution is -0.120. The van der Waals surface area contributed by atoms with Crippen LogP contribution in [0.5, 0.6) is 5.75 Å². The average molecular weight is 405 g/mol. The lowest BCUT2D eigenvalue weighted by Gasteiger charge is -2.25. The standard InChI is InChI=1S/C21H28N2O4S/c1-15-10-8-11-19(18(15)4)23(28(5,25)26)13-21(24)22-17(3)14-27-20-12-7-6-9-16(20)2/h6-12,17H,13-14H2,1-5H3,(H,22,24). The lowest BCUT2D eigenvalue weighted by Crippen LogP contribution is -2.45. The molecule has 0 saturated heterocycles. The summed E-state index contributed by atoms with van der Waals surface area (Å²) in [6.45, 7) is 7.53. The Kier molecular flexibility index (Phi) is 7.07. The number of amides is 1.